The van der Waals surface area contributed by atoms with Crippen molar-refractivity contribution in [2.24, 2.45) is 4.99 Å². The zero-order valence-electron chi connectivity index (χ0n) is 16.7. The van der Waals surface area contributed by atoms with Crippen LogP contribution in [0.1, 0.15) is 24.5 Å². The van der Waals surface area contributed by atoms with E-state index in [1.54, 1.807) is 25.4 Å². The summed E-state index contributed by atoms with van der Waals surface area (Å²) in [5, 5.41) is 6.24. The van der Waals surface area contributed by atoms with E-state index in [0.717, 1.165) is 12.0 Å². The summed E-state index contributed by atoms with van der Waals surface area (Å²) in [5.41, 5.74) is 1.40. The average molecular weight is 408 g/mol. The van der Waals surface area contributed by atoms with Crippen molar-refractivity contribution >= 4 is 5.96 Å². The number of halogens is 2. The number of nitrogens with zero attached hydrogens (tertiary/aromatic N) is 2. The maximum Gasteiger partial charge on any atom is 0.387 e. The molecule has 0 unspecified atom stereocenters. The molecular formula is C20H26F2N4O3. The van der Waals surface area contributed by atoms with E-state index in [-0.39, 0.29) is 12.3 Å². The van der Waals surface area contributed by atoms with Gasteiger partial charge < -0.3 is 24.8 Å². The lowest BCUT2D eigenvalue weighted by atomic mass is 10.2. The Kier molecular flexibility index (Phi) is 8.94. The number of nitrogens with one attached hydrogen (secondary N) is 2. The second kappa shape index (κ2) is 11.7. The van der Waals surface area contributed by atoms with E-state index in [1.807, 2.05) is 19.1 Å². The van der Waals surface area contributed by atoms with Crippen LogP contribution < -0.4 is 24.8 Å². The standard InChI is InChI=1S/C20H26F2N4O3/c1-4-10-28-18-14(6-5-9-24-18)12-25-20(23-2)26-13-15-11-16(27-3)7-8-17(15)29-19(21)22/h5-9,11,19H,4,10,12-13H2,1-3H3,(H2,23,25,26). The fraction of sp³-hybridized carbons (Fsp3) is 0.400. The molecule has 1 heterocycles. The Morgan fingerprint density at radius 1 is 1.17 bits per heavy atom. The minimum atomic E-state index is -2.91. The van der Waals surface area contributed by atoms with Crippen molar-refractivity contribution in [1.82, 2.24) is 15.6 Å². The molecule has 0 radical (unpaired) electrons. The number of hydrogen-bond donors (Lipinski definition) is 2. The van der Waals surface area contributed by atoms with Gasteiger partial charge in [-0.25, -0.2) is 4.98 Å². The number of aliphatic imine (C=N–C) groups is 1. The van der Waals surface area contributed by atoms with Crippen molar-refractivity contribution in [1.29, 1.82) is 0 Å². The molecule has 9 heteroatoms. The summed E-state index contributed by atoms with van der Waals surface area (Å²) in [6, 6.07) is 8.39. The number of rotatable bonds is 10. The van der Waals surface area contributed by atoms with Crippen molar-refractivity contribution in [3.8, 4) is 17.4 Å². The first kappa shape index (κ1) is 22.2. The normalized spacial score (nSPS) is 11.3. The maximum absolute atomic E-state index is 12.7. The minimum absolute atomic E-state index is 0.0752. The van der Waals surface area contributed by atoms with Crippen LogP contribution in [-0.2, 0) is 13.1 Å². The second-order valence-electron chi connectivity index (χ2n) is 5.95. The molecule has 0 spiro atoms. The highest BCUT2D eigenvalue weighted by molar-refractivity contribution is 5.79. The topological polar surface area (TPSA) is 77.0 Å². The van der Waals surface area contributed by atoms with Gasteiger partial charge in [-0.05, 0) is 30.7 Å². The predicted molar refractivity (Wildman–Crippen MR) is 107 cm³/mol. The zero-order valence-corrected chi connectivity index (χ0v) is 16.7. The smallest absolute Gasteiger partial charge is 0.387 e. The summed E-state index contributed by atoms with van der Waals surface area (Å²) >= 11 is 0. The molecule has 1 aromatic carbocycles. The molecule has 2 N–H and O–H groups in total. The van der Waals surface area contributed by atoms with E-state index >= 15 is 0 Å². The van der Waals surface area contributed by atoms with Crippen LogP contribution in [0.3, 0.4) is 0 Å². The van der Waals surface area contributed by atoms with Gasteiger partial charge in [-0.3, -0.25) is 4.99 Å². The van der Waals surface area contributed by atoms with E-state index in [4.69, 9.17) is 9.47 Å². The Morgan fingerprint density at radius 2 is 1.93 bits per heavy atom. The summed E-state index contributed by atoms with van der Waals surface area (Å²) in [6.07, 6.45) is 2.56. The summed E-state index contributed by atoms with van der Waals surface area (Å²) in [6.45, 7) is 0.347. The molecular weight excluding hydrogens is 382 g/mol. The SMILES string of the molecule is CCCOc1ncccc1CNC(=NC)NCc1cc(OC)ccc1OC(F)F. The molecule has 1 aromatic heterocycles. The van der Waals surface area contributed by atoms with Gasteiger partial charge in [0.1, 0.15) is 11.5 Å². The van der Waals surface area contributed by atoms with E-state index < -0.39 is 6.61 Å². The lowest BCUT2D eigenvalue weighted by molar-refractivity contribution is -0.0504. The first-order chi connectivity index (χ1) is 14.1. The van der Waals surface area contributed by atoms with Gasteiger partial charge in [0.2, 0.25) is 5.88 Å². The lowest BCUT2D eigenvalue weighted by Gasteiger charge is -2.16. The van der Waals surface area contributed by atoms with Crippen LogP contribution in [-0.4, -0.2) is 38.3 Å². The van der Waals surface area contributed by atoms with Crippen molar-refractivity contribution in [2.45, 2.75) is 33.0 Å². The Balaban J connectivity index is 2.01. The molecule has 29 heavy (non-hydrogen) atoms. The Morgan fingerprint density at radius 3 is 2.59 bits per heavy atom. The maximum atomic E-state index is 12.7. The molecule has 0 fully saturated rings. The molecule has 0 bridgehead atoms. The van der Waals surface area contributed by atoms with E-state index in [1.165, 1.54) is 13.2 Å². The summed E-state index contributed by atoms with van der Waals surface area (Å²) in [7, 11) is 3.13. The van der Waals surface area contributed by atoms with Crippen LogP contribution in [0.2, 0.25) is 0 Å². The van der Waals surface area contributed by atoms with Gasteiger partial charge in [-0.15, -0.1) is 0 Å². The van der Waals surface area contributed by atoms with Crippen LogP contribution in [0.4, 0.5) is 8.78 Å². The number of aromatic nitrogens is 1. The monoisotopic (exact) mass is 408 g/mol. The third kappa shape index (κ3) is 7.10. The first-order valence-corrected chi connectivity index (χ1v) is 9.20. The number of ether oxygens (including phenoxy) is 3. The molecule has 0 aliphatic carbocycles. The molecule has 0 atom stereocenters. The van der Waals surface area contributed by atoms with Crippen molar-refractivity contribution in [2.75, 3.05) is 20.8 Å². The van der Waals surface area contributed by atoms with Crippen LogP contribution in [0.5, 0.6) is 17.4 Å². The minimum Gasteiger partial charge on any atom is -0.497 e. The van der Waals surface area contributed by atoms with Gasteiger partial charge in [-0.1, -0.05) is 13.0 Å². The predicted octanol–water partition coefficient (Wildman–Crippen LogP) is 3.35. The number of guanidine groups is 1. The van der Waals surface area contributed by atoms with Gasteiger partial charge in [0.05, 0.1) is 13.7 Å². The highest BCUT2D eigenvalue weighted by Crippen LogP contribution is 2.25. The fourth-order valence-electron chi connectivity index (χ4n) is 2.50. The first-order valence-electron chi connectivity index (χ1n) is 9.20. The molecule has 158 valence electrons. The third-order valence-corrected chi connectivity index (χ3v) is 3.89. The molecule has 0 saturated carbocycles. The van der Waals surface area contributed by atoms with Crippen LogP contribution in [0, 0.1) is 0 Å². The number of methoxy groups -OCH3 is 1. The molecule has 7 nitrogen and oxygen atoms in total. The van der Waals surface area contributed by atoms with E-state index in [9.17, 15) is 8.78 Å². The quantitative estimate of drug-likeness (QED) is 0.464. The third-order valence-electron chi connectivity index (χ3n) is 3.89. The zero-order chi connectivity index (χ0) is 21.1. The van der Waals surface area contributed by atoms with Crippen molar-refractivity contribution < 1.29 is 23.0 Å². The Labute approximate surface area is 169 Å². The number of pyridine rings is 1. The van der Waals surface area contributed by atoms with Gasteiger partial charge in [0, 0.05) is 37.5 Å². The lowest BCUT2D eigenvalue weighted by Crippen LogP contribution is -2.36. The van der Waals surface area contributed by atoms with E-state index in [0.29, 0.717) is 36.3 Å². The summed E-state index contributed by atoms with van der Waals surface area (Å²) < 4.78 is 40.7. The average Bonchev–Trinajstić information content (AvgIpc) is 2.73. The summed E-state index contributed by atoms with van der Waals surface area (Å²) in [5.74, 6) is 1.67. The largest absolute Gasteiger partial charge is 0.497 e. The molecule has 0 aliphatic rings. The summed E-state index contributed by atoms with van der Waals surface area (Å²) in [4.78, 5) is 8.40. The van der Waals surface area contributed by atoms with Crippen molar-refractivity contribution in [3.63, 3.8) is 0 Å². The van der Waals surface area contributed by atoms with Crippen LogP contribution in [0.15, 0.2) is 41.5 Å². The molecule has 0 saturated heterocycles. The van der Waals surface area contributed by atoms with Crippen molar-refractivity contribution in [3.05, 3.63) is 47.7 Å². The highest BCUT2D eigenvalue weighted by Gasteiger charge is 2.12. The number of benzene rings is 1. The Bertz CT molecular complexity index is 803. The van der Waals surface area contributed by atoms with Gasteiger partial charge >= 0.3 is 6.61 Å². The highest BCUT2D eigenvalue weighted by atomic mass is 19.3. The molecule has 0 aliphatic heterocycles. The van der Waals surface area contributed by atoms with E-state index in [2.05, 4.69) is 25.3 Å². The second-order valence-corrected chi connectivity index (χ2v) is 5.95. The van der Waals surface area contributed by atoms with Gasteiger partial charge in [-0.2, -0.15) is 8.78 Å². The number of hydrogen-bond acceptors (Lipinski definition) is 5. The molecule has 2 rings (SSSR count). The van der Waals surface area contributed by atoms with Gasteiger partial charge in [0.15, 0.2) is 5.96 Å². The van der Waals surface area contributed by atoms with Crippen LogP contribution in [0.25, 0.3) is 0 Å². The van der Waals surface area contributed by atoms with Gasteiger partial charge in [0.25, 0.3) is 0 Å². The Hall–Kier alpha value is -3.10. The molecule has 2 aromatic rings. The number of alkyl halides is 2. The fourth-order valence-corrected chi connectivity index (χ4v) is 2.50. The molecule has 0 amide bonds. The van der Waals surface area contributed by atoms with Crippen LogP contribution >= 0.6 is 0 Å².